The van der Waals surface area contributed by atoms with Crippen molar-refractivity contribution in [3.63, 3.8) is 0 Å². The van der Waals surface area contributed by atoms with Crippen LogP contribution in [0.15, 0.2) is 73.4 Å². The maximum atomic E-state index is 12.7. The van der Waals surface area contributed by atoms with Gasteiger partial charge in [0.15, 0.2) is 0 Å². The molecule has 0 bridgehead atoms. The van der Waals surface area contributed by atoms with Gasteiger partial charge in [-0.2, -0.15) is 9.78 Å². The van der Waals surface area contributed by atoms with Gasteiger partial charge in [0, 0.05) is 10.0 Å². The molecule has 2 aromatic carbocycles. The van der Waals surface area contributed by atoms with Gasteiger partial charge in [0.2, 0.25) is 0 Å². The van der Waals surface area contributed by atoms with E-state index in [9.17, 15) is 9.59 Å². The van der Waals surface area contributed by atoms with Crippen molar-refractivity contribution in [1.29, 1.82) is 0 Å². The summed E-state index contributed by atoms with van der Waals surface area (Å²) in [5.41, 5.74) is 1.26. The predicted octanol–water partition coefficient (Wildman–Crippen LogP) is 4.31. The molecule has 0 aliphatic carbocycles. The number of furan rings is 1. The molecule has 29 heavy (non-hydrogen) atoms. The first kappa shape index (κ1) is 18.8. The molecule has 0 unspecified atom stereocenters. The van der Waals surface area contributed by atoms with Crippen LogP contribution in [0.5, 0.6) is 0 Å². The van der Waals surface area contributed by atoms with Gasteiger partial charge in [-0.25, -0.2) is 9.78 Å². The van der Waals surface area contributed by atoms with Gasteiger partial charge in [-0.15, -0.1) is 0 Å². The first-order valence-corrected chi connectivity index (χ1v) is 9.38. The minimum absolute atomic E-state index is 0.201. The molecule has 0 amide bonds. The fourth-order valence-electron chi connectivity index (χ4n) is 2.86. The fraction of sp³-hybridized carbons (Fsp3) is 0.0476. The Balaban J connectivity index is 1.65. The van der Waals surface area contributed by atoms with Crippen LogP contribution in [0.1, 0.15) is 21.9 Å². The fourth-order valence-corrected chi connectivity index (χ4v) is 3.23. The van der Waals surface area contributed by atoms with E-state index in [1.165, 1.54) is 23.0 Å². The summed E-state index contributed by atoms with van der Waals surface area (Å²) in [5, 5.41) is 13.7. The molecule has 144 valence electrons. The molecule has 0 atom stereocenters. The molecule has 2 heterocycles. The van der Waals surface area contributed by atoms with Crippen molar-refractivity contribution < 1.29 is 14.3 Å². The van der Waals surface area contributed by atoms with Gasteiger partial charge in [0.25, 0.3) is 5.56 Å². The van der Waals surface area contributed by atoms with Gasteiger partial charge in [0.1, 0.15) is 17.3 Å². The number of nitrogens with zero attached hydrogens (tertiary/aromatic N) is 3. The van der Waals surface area contributed by atoms with Crippen LogP contribution in [0.4, 0.5) is 0 Å². The zero-order valence-corrected chi connectivity index (χ0v) is 16.8. The van der Waals surface area contributed by atoms with Crippen LogP contribution in [0.3, 0.4) is 0 Å². The second-order valence-electron chi connectivity index (χ2n) is 6.27. The molecule has 0 aliphatic rings. The van der Waals surface area contributed by atoms with Crippen molar-refractivity contribution in [1.82, 2.24) is 9.66 Å². The lowest BCUT2D eigenvalue weighted by molar-refractivity contribution is 0.0697. The summed E-state index contributed by atoms with van der Waals surface area (Å²) in [6.07, 6.45) is 1.44. The number of aromatic carboxylic acids is 1. The highest BCUT2D eigenvalue weighted by Crippen LogP contribution is 2.22. The van der Waals surface area contributed by atoms with Crippen LogP contribution in [0, 0.1) is 6.92 Å². The zero-order valence-electron chi connectivity index (χ0n) is 15.2. The Morgan fingerprint density at radius 1 is 1.17 bits per heavy atom. The molecule has 0 saturated carbocycles. The average molecular weight is 452 g/mol. The number of benzene rings is 2. The lowest BCUT2D eigenvalue weighted by atomic mass is 10.1. The summed E-state index contributed by atoms with van der Waals surface area (Å²) in [4.78, 5) is 28.1. The summed E-state index contributed by atoms with van der Waals surface area (Å²) >= 11 is 3.36. The van der Waals surface area contributed by atoms with Gasteiger partial charge in [-0.3, -0.25) is 4.79 Å². The van der Waals surface area contributed by atoms with Crippen molar-refractivity contribution in [3.8, 4) is 11.3 Å². The van der Waals surface area contributed by atoms with Crippen LogP contribution < -0.4 is 5.56 Å². The van der Waals surface area contributed by atoms with Gasteiger partial charge in [0.05, 0.1) is 22.7 Å². The Morgan fingerprint density at radius 3 is 2.66 bits per heavy atom. The van der Waals surface area contributed by atoms with Crippen LogP contribution >= 0.6 is 15.9 Å². The van der Waals surface area contributed by atoms with Crippen LogP contribution in [0.25, 0.3) is 22.2 Å². The standard InChI is InChI=1S/C21H14BrN3O4/c1-12-24-18-8-6-15(22)10-17(18)20(26)25(12)23-11-16-7-9-19(29-16)13-2-4-14(5-3-13)21(27)28/h2-11H,1H3,(H,27,28). The SMILES string of the molecule is Cc1nc2ccc(Br)cc2c(=O)n1N=Cc1ccc(-c2ccc(C(=O)O)cc2)o1. The number of rotatable bonds is 4. The van der Waals surface area contributed by atoms with Crippen molar-refractivity contribution in [2.24, 2.45) is 5.10 Å². The van der Waals surface area contributed by atoms with E-state index in [1.807, 2.05) is 6.07 Å². The molecule has 0 aliphatic heterocycles. The molecule has 0 fully saturated rings. The third-order valence-corrected chi connectivity index (χ3v) is 4.81. The van der Waals surface area contributed by atoms with E-state index in [0.29, 0.717) is 28.2 Å². The largest absolute Gasteiger partial charge is 0.478 e. The first-order valence-electron chi connectivity index (χ1n) is 8.59. The molecule has 7 nitrogen and oxygen atoms in total. The Hall–Kier alpha value is -3.52. The summed E-state index contributed by atoms with van der Waals surface area (Å²) < 4.78 is 7.74. The quantitative estimate of drug-likeness (QED) is 0.466. The Bertz CT molecular complexity index is 1320. The van der Waals surface area contributed by atoms with E-state index in [1.54, 1.807) is 43.3 Å². The molecule has 2 aromatic heterocycles. The zero-order chi connectivity index (χ0) is 20.5. The Labute approximate surface area is 173 Å². The number of carboxylic acid groups (broad SMARTS) is 1. The molecule has 8 heteroatoms. The minimum atomic E-state index is -0.986. The van der Waals surface area contributed by atoms with Gasteiger partial charge >= 0.3 is 5.97 Å². The highest BCUT2D eigenvalue weighted by atomic mass is 79.9. The maximum absolute atomic E-state index is 12.7. The summed E-state index contributed by atoms with van der Waals surface area (Å²) in [6, 6.07) is 15.1. The molecule has 4 rings (SSSR count). The molecule has 4 aromatic rings. The summed E-state index contributed by atoms with van der Waals surface area (Å²) in [7, 11) is 0. The lowest BCUT2D eigenvalue weighted by Gasteiger charge is -2.05. The number of fused-ring (bicyclic) bond motifs is 1. The monoisotopic (exact) mass is 451 g/mol. The third-order valence-electron chi connectivity index (χ3n) is 4.31. The second kappa shape index (κ2) is 7.48. The Kier molecular flexibility index (Phi) is 4.85. The summed E-state index contributed by atoms with van der Waals surface area (Å²) in [5.74, 6) is 0.480. The molecule has 0 radical (unpaired) electrons. The highest BCUT2D eigenvalue weighted by Gasteiger charge is 2.09. The van der Waals surface area contributed by atoms with Gasteiger partial charge < -0.3 is 9.52 Å². The second-order valence-corrected chi connectivity index (χ2v) is 7.18. The van der Waals surface area contributed by atoms with Crippen LogP contribution in [-0.4, -0.2) is 27.0 Å². The smallest absolute Gasteiger partial charge is 0.335 e. The van der Waals surface area contributed by atoms with E-state index in [-0.39, 0.29) is 11.1 Å². The molecular weight excluding hydrogens is 438 g/mol. The highest BCUT2D eigenvalue weighted by molar-refractivity contribution is 9.10. The van der Waals surface area contributed by atoms with Crippen LogP contribution in [0.2, 0.25) is 0 Å². The number of carbonyl (C=O) groups is 1. The van der Waals surface area contributed by atoms with Gasteiger partial charge in [-0.05, 0) is 49.4 Å². The lowest BCUT2D eigenvalue weighted by Crippen LogP contribution is -2.20. The average Bonchev–Trinajstić information content (AvgIpc) is 3.17. The molecule has 0 saturated heterocycles. The van der Waals surface area contributed by atoms with E-state index in [4.69, 9.17) is 9.52 Å². The predicted molar refractivity (Wildman–Crippen MR) is 113 cm³/mol. The number of halogens is 1. The van der Waals surface area contributed by atoms with E-state index in [0.717, 1.165) is 10.0 Å². The molecular formula is C21H14BrN3O4. The van der Waals surface area contributed by atoms with Crippen molar-refractivity contribution in [3.05, 3.63) is 86.6 Å². The van der Waals surface area contributed by atoms with Crippen molar-refractivity contribution in [2.45, 2.75) is 6.92 Å². The van der Waals surface area contributed by atoms with Crippen molar-refractivity contribution in [2.75, 3.05) is 0 Å². The minimum Gasteiger partial charge on any atom is -0.478 e. The first-order chi connectivity index (χ1) is 13.9. The normalized spacial score (nSPS) is 11.4. The van der Waals surface area contributed by atoms with E-state index >= 15 is 0 Å². The number of carboxylic acids is 1. The van der Waals surface area contributed by atoms with Crippen molar-refractivity contribution >= 4 is 39.0 Å². The van der Waals surface area contributed by atoms with E-state index < -0.39 is 5.97 Å². The number of aryl methyl sites for hydroxylation is 1. The molecule has 0 spiro atoms. The van der Waals surface area contributed by atoms with Gasteiger partial charge in [-0.1, -0.05) is 28.1 Å². The van der Waals surface area contributed by atoms with Crippen LogP contribution in [-0.2, 0) is 0 Å². The summed E-state index contributed by atoms with van der Waals surface area (Å²) in [6.45, 7) is 1.71. The maximum Gasteiger partial charge on any atom is 0.335 e. The molecule has 1 N–H and O–H groups in total. The van der Waals surface area contributed by atoms with E-state index in [2.05, 4.69) is 26.0 Å². The Morgan fingerprint density at radius 2 is 1.93 bits per heavy atom. The topological polar surface area (TPSA) is 97.7 Å². The number of aromatic nitrogens is 2. The number of hydrogen-bond donors (Lipinski definition) is 1. The third kappa shape index (κ3) is 3.74. The number of hydrogen-bond acceptors (Lipinski definition) is 5.